The van der Waals surface area contributed by atoms with Crippen LogP contribution in [-0.4, -0.2) is 0 Å². The Morgan fingerprint density at radius 3 is 1.45 bits per heavy atom. The molecule has 0 spiro atoms. The van der Waals surface area contributed by atoms with E-state index in [1.165, 1.54) is 54.7 Å². The molecule has 0 bridgehead atoms. The third kappa shape index (κ3) is 6.04. The van der Waals surface area contributed by atoms with Crippen molar-refractivity contribution >= 4 is 71.3 Å². The largest absolute Gasteiger partial charge is 0.453 e. The highest BCUT2D eigenvalue weighted by Crippen LogP contribution is 2.48. The van der Waals surface area contributed by atoms with Gasteiger partial charge in [0.25, 0.3) is 0 Å². The van der Waals surface area contributed by atoms with Crippen LogP contribution >= 0.6 is 0 Å². The molecule has 0 unspecified atom stereocenters. The zero-order valence-corrected chi connectivity index (χ0v) is 33.9. The molecule has 0 radical (unpaired) electrons. The first-order valence-electron chi connectivity index (χ1n) is 21.2. The summed E-state index contributed by atoms with van der Waals surface area (Å²) in [5.41, 5.74) is 14.2. The highest BCUT2D eigenvalue weighted by molar-refractivity contribution is 6.24. The maximum Gasteiger partial charge on any atom is 0.160 e. The fourth-order valence-corrected chi connectivity index (χ4v) is 9.46. The predicted molar refractivity (Wildman–Crippen MR) is 263 cm³/mol. The Kier molecular flexibility index (Phi) is 8.53. The standard InChI is InChI=1S/C60H39NO/c1-3-14-40(15-4-1)42-30-34-48(35-31-42)61(57-39-46-20-9-10-21-52(46)58-56-27-13-24-53(59(56)62-60(57)58)43-17-5-2-6-18-43)49-36-32-44(33-37-49)50-22-11-26-55-51(23-12-25-54(50)55)47-29-28-41-16-7-8-19-45(41)38-47/h1-39H. The first-order valence-corrected chi connectivity index (χ1v) is 21.2. The fraction of sp³-hybridized carbons (Fsp3) is 0. The van der Waals surface area contributed by atoms with Crippen LogP contribution in [0.25, 0.3) is 98.8 Å². The molecule has 12 rings (SSSR count). The van der Waals surface area contributed by atoms with E-state index >= 15 is 0 Å². The summed E-state index contributed by atoms with van der Waals surface area (Å²) >= 11 is 0. The number of fused-ring (bicyclic) bond motifs is 7. The van der Waals surface area contributed by atoms with Gasteiger partial charge in [0.05, 0.1) is 5.69 Å². The Labute approximate surface area is 360 Å². The van der Waals surface area contributed by atoms with Gasteiger partial charge in [0.1, 0.15) is 5.58 Å². The summed E-state index contributed by atoms with van der Waals surface area (Å²) in [6.45, 7) is 0. The van der Waals surface area contributed by atoms with Crippen molar-refractivity contribution in [3.8, 4) is 44.5 Å². The van der Waals surface area contributed by atoms with Gasteiger partial charge in [-0.25, -0.2) is 0 Å². The van der Waals surface area contributed by atoms with Crippen LogP contribution in [0.1, 0.15) is 0 Å². The van der Waals surface area contributed by atoms with Crippen LogP contribution in [0, 0.1) is 0 Å². The van der Waals surface area contributed by atoms with Gasteiger partial charge in [-0.1, -0.05) is 200 Å². The molecule has 0 N–H and O–H groups in total. The smallest absolute Gasteiger partial charge is 0.160 e. The molecule has 290 valence electrons. The molecule has 1 aromatic heterocycles. The van der Waals surface area contributed by atoms with Crippen molar-refractivity contribution in [2.75, 3.05) is 4.90 Å². The van der Waals surface area contributed by atoms with Crippen molar-refractivity contribution in [1.82, 2.24) is 0 Å². The highest BCUT2D eigenvalue weighted by atomic mass is 16.3. The van der Waals surface area contributed by atoms with Gasteiger partial charge < -0.3 is 9.32 Å². The zero-order chi connectivity index (χ0) is 41.0. The Morgan fingerprint density at radius 2 is 0.758 bits per heavy atom. The Balaban J connectivity index is 1.03. The average molecular weight is 790 g/mol. The van der Waals surface area contributed by atoms with Crippen LogP contribution in [0.3, 0.4) is 0 Å². The molecule has 2 nitrogen and oxygen atoms in total. The summed E-state index contributed by atoms with van der Waals surface area (Å²) in [7, 11) is 0. The van der Waals surface area contributed by atoms with Crippen LogP contribution in [0.15, 0.2) is 241 Å². The van der Waals surface area contributed by atoms with E-state index in [2.05, 4.69) is 241 Å². The molecule has 0 atom stereocenters. The number of furan rings is 1. The molecule has 0 saturated heterocycles. The van der Waals surface area contributed by atoms with Gasteiger partial charge in [-0.05, 0) is 108 Å². The van der Waals surface area contributed by atoms with Gasteiger partial charge in [0.15, 0.2) is 5.58 Å². The normalized spacial score (nSPS) is 11.5. The molecule has 0 saturated carbocycles. The maximum atomic E-state index is 7.17. The number of para-hydroxylation sites is 1. The molecule has 0 fully saturated rings. The number of hydrogen-bond acceptors (Lipinski definition) is 2. The number of anilines is 3. The van der Waals surface area contributed by atoms with E-state index in [0.29, 0.717) is 0 Å². The Hall–Kier alpha value is -8.20. The summed E-state index contributed by atoms with van der Waals surface area (Å²) in [4.78, 5) is 2.36. The summed E-state index contributed by atoms with van der Waals surface area (Å²) in [6.07, 6.45) is 0. The van der Waals surface area contributed by atoms with Gasteiger partial charge in [-0.3, -0.25) is 0 Å². The van der Waals surface area contributed by atoms with Crippen LogP contribution in [-0.2, 0) is 0 Å². The second kappa shape index (κ2) is 14.8. The van der Waals surface area contributed by atoms with Gasteiger partial charge in [-0.2, -0.15) is 0 Å². The maximum absolute atomic E-state index is 7.17. The molecule has 1 heterocycles. The molecule has 62 heavy (non-hydrogen) atoms. The second-order valence-corrected chi connectivity index (χ2v) is 16.0. The van der Waals surface area contributed by atoms with Gasteiger partial charge >= 0.3 is 0 Å². The van der Waals surface area contributed by atoms with E-state index < -0.39 is 0 Å². The van der Waals surface area contributed by atoms with Crippen molar-refractivity contribution in [2.24, 2.45) is 0 Å². The van der Waals surface area contributed by atoms with Crippen molar-refractivity contribution in [1.29, 1.82) is 0 Å². The molecular formula is C60H39NO. The van der Waals surface area contributed by atoms with Crippen molar-refractivity contribution < 1.29 is 4.42 Å². The van der Waals surface area contributed by atoms with Crippen LogP contribution in [0.5, 0.6) is 0 Å². The number of rotatable bonds is 7. The van der Waals surface area contributed by atoms with E-state index in [1.54, 1.807) is 0 Å². The van der Waals surface area contributed by atoms with E-state index in [9.17, 15) is 0 Å². The molecule has 0 amide bonds. The van der Waals surface area contributed by atoms with Gasteiger partial charge in [-0.15, -0.1) is 0 Å². The van der Waals surface area contributed by atoms with Gasteiger partial charge in [0, 0.05) is 27.7 Å². The third-order valence-corrected chi connectivity index (χ3v) is 12.4. The second-order valence-electron chi connectivity index (χ2n) is 16.0. The van der Waals surface area contributed by atoms with Crippen LogP contribution < -0.4 is 4.90 Å². The van der Waals surface area contributed by atoms with Crippen molar-refractivity contribution in [2.45, 2.75) is 0 Å². The molecular weight excluding hydrogens is 751 g/mol. The summed E-state index contributed by atoms with van der Waals surface area (Å²) in [5, 5.41) is 9.51. The minimum absolute atomic E-state index is 0.855. The lowest BCUT2D eigenvalue weighted by Gasteiger charge is -2.26. The molecule has 12 aromatic rings. The summed E-state index contributed by atoms with van der Waals surface area (Å²) in [6, 6.07) is 85.3. The first kappa shape index (κ1) is 35.7. The lowest BCUT2D eigenvalue weighted by molar-refractivity contribution is 0.670. The van der Waals surface area contributed by atoms with Crippen LogP contribution in [0.2, 0.25) is 0 Å². The summed E-state index contributed by atoms with van der Waals surface area (Å²) in [5.74, 6) is 0. The third-order valence-electron chi connectivity index (χ3n) is 12.4. The van der Waals surface area contributed by atoms with E-state index in [-0.39, 0.29) is 0 Å². The van der Waals surface area contributed by atoms with Crippen molar-refractivity contribution in [3.05, 3.63) is 237 Å². The molecule has 0 aliphatic heterocycles. The van der Waals surface area contributed by atoms with E-state index in [0.717, 1.165) is 61.1 Å². The minimum atomic E-state index is 0.855. The molecule has 11 aromatic carbocycles. The Bertz CT molecular complexity index is 3610. The lowest BCUT2D eigenvalue weighted by atomic mass is 9.92. The number of nitrogens with zero attached hydrogens (tertiary/aromatic N) is 1. The van der Waals surface area contributed by atoms with Gasteiger partial charge in [0.2, 0.25) is 0 Å². The topological polar surface area (TPSA) is 16.4 Å². The summed E-state index contributed by atoms with van der Waals surface area (Å²) < 4.78 is 7.17. The predicted octanol–water partition coefficient (Wildman–Crippen LogP) is 17.2. The number of hydrogen-bond donors (Lipinski definition) is 0. The SMILES string of the molecule is c1ccc(-c2ccc(N(c3ccc(-c4cccc5c(-c6ccc7ccccc7c6)cccc45)cc3)c3cc4ccccc4c4c3oc3c(-c5ccccc5)cccc34)cc2)cc1. The monoisotopic (exact) mass is 789 g/mol. The Morgan fingerprint density at radius 1 is 0.274 bits per heavy atom. The van der Waals surface area contributed by atoms with E-state index in [1.807, 2.05) is 0 Å². The number of benzene rings is 11. The highest BCUT2D eigenvalue weighted by Gasteiger charge is 2.23. The van der Waals surface area contributed by atoms with E-state index in [4.69, 9.17) is 4.42 Å². The molecule has 0 aliphatic carbocycles. The quantitative estimate of drug-likeness (QED) is 0.160. The first-order chi connectivity index (χ1) is 30.7. The molecule has 2 heteroatoms. The minimum Gasteiger partial charge on any atom is -0.453 e. The lowest BCUT2D eigenvalue weighted by Crippen LogP contribution is -2.10. The average Bonchev–Trinajstić information content (AvgIpc) is 3.75. The zero-order valence-electron chi connectivity index (χ0n) is 33.9. The molecule has 0 aliphatic rings. The fourth-order valence-electron chi connectivity index (χ4n) is 9.46. The van der Waals surface area contributed by atoms with Crippen molar-refractivity contribution in [3.63, 3.8) is 0 Å². The van der Waals surface area contributed by atoms with Crippen LogP contribution in [0.4, 0.5) is 17.1 Å².